The van der Waals surface area contributed by atoms with Gasteiger partial charge in [0.05, 0.1) is 24.2 Å². The maximum atomic E-state index is 13.4. The van der Waals surface area contributed by atoms with Crippen molar-refractivity contribution in [3.05, 3.63) is 65.2 Å². The summed E-state index contributed by atoms with van der Waals surface area (Å²) in [5.74, 6) is -3.92. The minimum absolute atomic E-state index is 0.0280. The number of hydroxylamine groups is 2. The number of benzene rings is 2. The van der Waals surface area contributed by atoms with Crippen molar-refractivity contribution in [3.63, 3.8) is 0 Å². The molecule has 2 aromatic carbocycles. The standard InChI is InChI=1S/C18H13F2NO5/c19-11-7-8-15(14(20)10-11)25-9-3-6-16(22)26-21-17(23)12-4-1-2-5-13(12)18(21)24/h1-2,4-5,7-8,10H,3,6,9H2. The molecule has 0 fully saturated rings. The van der Waals surface area contributed by atoms with Crippen LogP contribution < -0.4 is 4.74 Å². The normalized spacial score (nSPS) is 12.9. The van der Waals surface area contributed by atoms with E-state index in [1.807, 2.05) is 0 Å². The molecule has 1 aliphatic rings. The van der Waals surface area contributed by atoms with Crippen molar-refractivity contribution < 1.29 is 32.7 Å². The van der Waals surface area contributed by atoms with Gasteiger partial charge >= 0.3 is 5.97 Å². The van der Waals surface area contributed by atoms with Gasteiger partial charge in [0, 0.05) is 6.07 Å². The zero-order chi connectivity index (χ0) is 18.7. The molecule has 0 spiro atoms. The Morgan fingerprint density at radius 1 is 1.00 bits per heavy atom. The molecule has 134 valence electrons. The summed E-state index contributed by atoms with van der Waals surface area (Å²) in [6.45, 7) is -0.0280. The Kier molecular flexibility index (Phi) is 4.92. The molecule has 0 bridgehead atoms. The van der Waals surface area contributed by atoms with Crippen LogP contribution in [0.25, 0.3) is 0 Å². The third kappa shape index (κ3) is 3.53. The van der Waals surface area contributed by atoms with Crippen LogP contribution in [0, 0.1) is 11.6 Å². The Balaban J connectivity index is 1.48. The molecule has 0 saturated heterocycles. The zero-order valence-corrected chi connectivity index (χ0v) is 13.4. The van der Waals surface area contributed by atoms with Crippen LogP contribution in [-0.2, 0) is 9.63 Å². The molecule has 6 nitrogen and oxygen atoms in total. The van der Waals surface area contributed by atoms with E-state index in [0.717, 1.165) is 12.1 Å². The summed E-state index contributed by atoms with van der Waals surface area (Å²) >= 11 is 0. The monoisotopic (exact) mass is 361 g/mol. The van der Waals surface area contributed by atoms with Gasteiger partial charge in [0.25, 0.3) is 11.8 Å². The molecule has 26 heavy (non-hydrogen) atoms. The second-order valence-electron chi connectivity index (χ2n) is 5.44. The summed E-state index contributed by atoms with van der Waals surface area (Å²) < 4.78 is 31.3. The number of ether oxygens (including phenoxy) is 1. The van der Waals surface area contributed by atoms with Gasteiger partial charge in [-0.15, -0.1) is 0 Å². The molecule has 0 N–H and O–H groups in total. The molecule has 0 atom stereocenters. The Bertz CT molecular complexity index is 849. The maximum absolute atomic E-state index is 13.4. The van der Waals surface area contributed by atoms with E-state index < -0.39 is 29.4 Å². The summed E-state index contributed by atoms with van der Waals surface area (Å²) in [5.41, 5.74) is 0.334. The molecule has 0 unspecified atom stereocenters. The third-order valence-electron chi connectivity index (χ3n) is 3.63. The van der Waals surface area contributed by atoms with E-state index >= 15 is 0 Å². The molecule has 0 radical (unpaired) electrons. The number of hydrogen-bond donors (Lipinski definition) is 0. The average Bonchev–Trinajstić information content (AvgIpc) is 2.85. The lowest BCUT2D eigenvalue weighted by atomic mass is 10.1. The first kappa shape index (κ1) is 17.5. The van der Waals surface area contributed by atoms with Crippen LogP contribution in [0.2, 0.25) is 0 Å². The fourth-order valence-electron chi connectivity index (χ4n) is 2.39. The number of halogens is 2. The SMILES string of the molecule is O=C(CCCOc1ccc(F)cc1F)ON1C(=O)c2ccccc2C1=O. The summed E-state index contributed by atoms with van der Waals surface area (Å²) in [5, 5.41) is 0.424. The maximum Gasteiger partial charge on any atom is 0.333 e. The fraction of sp³-hybridized carbons (Fsp3) is 0.167. The highest BCUT2D eigenvalue weighted by Crippen LogP contribution is 2.23. The predicted octanol–water partition coefficient (Wildman–Crippen LogP) is 2.88. The quantitative estimate of drug-likeness (QED) is 0.584. The fourth-order valence-corrected chi connectivity index (χ4v) is 2.39. The molecule has 2 aromatic rings. The number of carbonyl (C=O) groups is 3. The number of amides is 2. The Morgan fingerprint density at radius 2 is 1.65 bits per heavy atom. The van der Waals surface area contributed by atoms with Crippen molar-refractivity contribution in [2.45, 2.75) is 12.8 Å². The van der Waals surface area contributed by atoms with Crippen molar-refractivity contribution in [2.24, 2.45) is 0 Å². The van der Waals surface area contributed by atoms with Gasteiger partial charge in [0.1, 0.15) is 5.82 Å². The van der Waals surface area contributed by atoms with Gasteiger partial charge < -0.3 is 9.57 Å². The van der Waals surface area contributed by atoms with Crippen LogP contribution >= 0.6 is 0 Å². The largest absolute Gasteiger partial charge is 0.491 e. The van der Waals surface area contributed by atoms with Crippen molar-refractivity contribution in [1.29, 1.82) is 0 Å². The highest BCUT2D eigenvalue weighted by molar-refractivity contribution is 6.20. The Hall–Kier alpha value is -3.29. The van der Waals surface area contributed by atoms with Gasteiger partial charge in [-0.1, -0.05) is 17.2 Å². The lowest BCUT2D eigenvalue weighted by molar-refractivity contribution is -0.168. The summed E-state index contributed by atoms with van der Waals surface area (Å²) in [4.78, 5) is 40.7. The van der Waals surface area contributed by atoms with Crippen LogP contribution in [0.3, 0.4) is 0 Å². The van der Waals surface area contributed by atoms with Crippen LogP contribution in [0.5, 0.6) is 5.75 Å². The zero-order valence-electron chi connectivity index (χ0n) is 13.4. The second-order valence-corrected chi connectivity index (χ2v) is 5.44. The number of hydrogen-bond acceptors (Lipinski definition) is 5. The number of rotatable bonds is 6. The smallest absolute Gasteiger partial charge is 0.333 e. The van der Waals surface area contributed by atoms with Gasteiger partial charge in [-0.3, -0.25) is 9.59 Å². The van der Waals surface area contributed by atoms with E-state index in [1.54, 1.807) is 12.1 Å². The van der Waals surface area contributed by atoms with Crippen LogP contribution in [-0.4, -0.2) is 29.5 Å². The van der Waals surface area contributed by atoms with Crippen molar-refractivity contribution in [3.8, 4) is 5.75 Å². The molecule has 1 heterocycles. The van der Waals surface area contributed by atoms with Gasteiger partial charge in [0.15, 0.2) is 11.6 Å². The van der Waals surface area contributed by atoms with Crippen LogP contribution in [0.4, 0.5) is 8.78 Å². The third-order valence-corrected chi connectivity index (χ3v) is 3.63. The molecule has 2 amide bonds. The van der Waals surface area contributed by atoms with Crippen molar-refractivity contribution in [2.75, 3.05) is 6.61 Å². The van der Waals surface area contributed by atoms with Gasteiger partial charge in [-0.25, -0.2) is 13.6 Å². The summed E-state index contributed by atoms with van der Waals surface area (Å²) in [7, 11) is 0. The van der Waals surface area contributed by atoms with Gasteiger partial charge in [-0.2, -0.15) is 0 Å². The van der Waals surface area contributed by atoms with Crippen LogP contribution in [0.1, 0.15) is 33.6 Å². The first-order chi connectivity index (χ1) is 12.5. The van der Waals surface area contributed by atoms with E-state index in [9.17, 15) is 23.2 Å². The van der Waals surface area contributed by atoms with E-state index in [4.69, 9.17) is 9.57 Å². The highest BCUT2D eigenvalue weighted by atomic mass is 19.1. The number of imide groups is 1. The van der Waals surface area contributed by atoms with Gasteiger partial charge in [-0.05, 0) is 30.7 Å². The molecule has 1 aliphatic heterocycles. The minimum Gasteiger partial charge on any atom is -0.491 e. The van der Waals surface area contributed by atoms with E-state index in [2.05, 4.69) is 0 Å². The number of carbonyl (C=O) groups excluding carboxylic acids is 3. The topological polar surface area (TPSA) is 72.9 Å². The van der Waals surface area contributed by atoms with E-state index in [1.165, 1.54) is 12.1 Å². The van der Waals surface area contributed by atoms with E-state index in [-0.39, 0.29) is 36.3 Å². The lowest BCUT2D eigenvalue weighted by Crippen LogP contribution is -2.32. The minimum atomic E-state index is -0.849. The molecule has 0 aliphatic carbocycles. The number of nitrogens with zero attached hydrogens (tertiary/aromatic N) is 1. The molecular formula is C18H13F2NO5. The molecule has 3 rings (SSSR count). The highest BCUT2D eigenvalue weighted by Gasteiger charge is 2.38. The predicted molar refractivity (Wildman–Crippen MR) is 84.1 cm³/mol. The summed E-state index contributed by atoms with van der Waals surface area (Å²) in [6.07, 6.45) is -0.00492. The van der Waals surface area contributed by atoms with Crippen molar-refractivity contribution >= 4 is 17.8 Å². The van der Waals surface area contributed by atoms with E-state index in [0.29, 0.717) is 11.1 Å². The average molecular weight is 361 g/mol. The second kappa shape index (κ2) is 7.30. The first-order valence-electron chi connectivity index (χ1n) is 7.74. The van der Waals surface area contributed by atoms with Crippen LogP contribution in [0.15, 0.2) is 42.5 Å². The molecule has 0 saturated carbocycles. The number of fused-ring (bicyclic) bond motifs is 1. The van der Waals surface area contributed by atoms with Crippen molar-refractivity contribution in [1.82, 2.24) is 5.06 Å². The molecule has 8 heteroatoms. The Morgan fingerprint density at radius 3 is 2.27 bits per heavy atom. The molecule has 0 aromatic heterocycles. The molecular weight excluding hydrogens is 348 g/mol. The Labute approximate surface area is 146 Å². The summed E-state index contributed by atoms with van der Waals surface area (Å²) in [6, 6.07) is 9.01. The lowest BCUT2D eigenvalue weighted by Gasteiger charge is -2.12. The first-order valence-corrected chi connectivity index (χ1v) is 7.74. The van der Waals surface area contributed by atoms with Gasteiger partial charge in [0.2, 0.25) is 0 Å².